The monoisotopic (exact) mass is 1460 g/mol. The van der Waals surface area contributed by atoms with E-state index in [0.29, 0.717) is 118 Å². The van der Waals surface area contributed by atoms with Gasteiger partial charge in [0.25, 0.3) is 0 Å². The van der Waals surface area contributed by atoms with Crippen molar-refractivity contribution in [2.75, 3.05) is 110 Å². The lowest BCUT2D eigenvalue weighted by atomic mass is 10.1. The van der Waals surface area contributed by atoms with Crippen LogP contribution in [0.4, 0.5) is 0 Å². The normalized spacial score (nSPS) is 12.7. The number of carboxylic acid groups (broad SMARTS) is 2. The molecule has 4 atom stereocenters. The van der Waals surface area contributed by atoms with Crippen LogP contribution in [0.15, 0.2) is 0 Å². The second-order valence-corrected chi connectivity index (χ2v) is 32.2. The van der Waals surface area contributed by atoms with Crippen molar-refractivity contribution in [3.05, 3.63) is 0 Å². The summed E-state index contributed by atoms with van der Waals surface area (Å²) < 4.78 is 0. The minimum atomic E-state index is -1.26. The van der Waals surface area contributed by atoms with E-state index >= 15 is 0 Å². The molecule has 23 nitrogen and oxygen atoms in total. The molecule has 0 bridgehead atoms. The summed E-state index contributed by atoms with van der Waals surface area (Å²) in [4.78, 5) is 104. The highest BCUT2D eigenvalue weighted by atomic mass is 32.2. The Morgan fingerprint density at radius 3 is 0.861 bits per heavy atom. The summed E-state index contributed by atoms with van der Waals surface area (Å²) >= 11 is 1.82. The molecule has 0 aromatic rings. The maximum absolute atomic E-state index is 12.0. The summed E-state index contributed by atoms with van der Waals surface area (Å²) in [6, 6.07) is 1.52. The molecule has 0 heterocycles. The lowest BCUT2D eigenvalue weighted by Gasteiger charge is -2.28. The van der Waals surface area contributed by atoms with E-state index in [4.69, 9.17) is 10.2 Å². The fraction of sp³-hybridized carbons (Fsp3) is 0.896. The van der Waals surface area contributed by atoms with Crippen molar-refractivity contribution in [1.82, 2.24) is 61.3 Å². The lowest BCUT2D eigenvalue weighted by Crippen LogP contribution is -2.51. The summed E-state index contributed by atoms with van der Waals surface area (Å²) in [5, 5.41) is 43.6. The molecule has 0 aliphatic rings. The van der Waals surface area contributed by atoms with Crippen molar-refractivity contribution in [1.29, 1.82) is 0 Å². The van der Waals surface area contributed by atoms with Gasteiger partial charge in [0.15, 0.2) is 6.04 Å². The summed E-state index contributed by atoms with van der Waals surface area (Å²) in [5.74, 6) is 2.53. The molecule has 9 N–H and O–H groups in total. The second-order valence-electron chi connectivity index (χ2n) is 31.3. The van der Waals surface area contributed by atoms with E-state index in [1.54, 1.807) is 0 Å². The molecule has 0 radical (unpaired) electrons. The number of hydrogen-bond acceptors (Lipinski definition) is 16. The molecule has 0 aliphatic carbocycles. The zero-order valence-electron chi connectivity index (χ0n) is 70.5. The van der Waals surface area contributed by atoms with Gasteiger partial charge in [0.1, 0.15) is 0 Å². The third-order valence-corrected chi connectivity index (χ3v) is 16.1. The zero-order chi connectivity index (χ0) is 79.8. The first kappa shape index (κ1) is 108. The highest BCUT2D eigenvalue weighted by Crippen LogP contribution is 2.10. The Hall–Kier alpha value is -4.17. The smallest absolute Gasteiger partial charge is 0.328 e. The van der Waals surface area contributed by atoms with Gasteiger partial charge in [-0.2, -0.15) is 11.8 Å². The summed E-state index contributed by atoms with van der Waals surface area (Å²) in [6.07, 6.45) is 5.76. The maximum atomic E-state index is 12.0. The molecule has 24 heteroatoms. The molecule has 0 rings (SSSR count). The number of aliphatic hydroxyl groups is 1. The van der Waals surface area contributed by atoms with Crippen molar-refractivity contribution < 1.29 is 53.7 Å². The quantitative estimate of drug-likeness (QED) is 0.0256. The molecule has 0 aliphatic heterocycles. The van der Waals surface area contributed by atoms with E-state index in [-0.39, 0.29) is 66.5 Å². The number of aliphatic carboxylic acids is 2. The van der Waals surface area contributed by atoms with Crippen LogP contribution in [0.1, 0.15) is 246 Å². The first-order valence-electron chi connectivity index (χ1n) is 38.4. The third kappa shape index (κ3) is 71.2. The Kier molecular flexibility index (Phi) is 69.7. The number of likely N-dealkylation sites (N-methyl/N-ethyl adjacent to an activating group) is 1. The Morgan fingerprint density at radius 1 is 0.366 bits per heavy atom. The third-order valence-electron chi connectivity index (χ3n) is 15.4. The topological polar surface area (TPSA) is 289 Å². The Balaban J connectivity index is -0.000000269. The van der Waals surface area contributed by atoms with Gasteiger partial charge in [0.2, 0.25) is 35.4 Å². The molecule has 0 fully saturated rings. The van der Waals surface area contributed by atoms with Gasteiger partial charge in [-0.3, -0.25) is 63.0 Å². The van der Waals surface area contributed by atoms with Crippen molar-refractivity contribution in [2.45, 2.75) is 307 Å². The van der Waals surface area contributed by atoms with Crippen LogP contribution < -0.4 is 31.9 Å². The number of unbranched alkanes of at least 4 members (excludes halogenated alkanes) is 1. The van der Waals surface area contributed by atoms with E-state index in [2.05, 4.69) is 236 Å². The standard InChI is InChI=1S/C14H30N2OS.C13H26N2O4.C13H26N2O3.2C13H28N2O.C11H24N2O/c1-11(2)9-16(12(3)4)10-14(17)15-13(5)7-8-18-6;1-8(2)6-15(9(3)4)7-11(17)14-12(10(5)16)13(18)19;1-10(2)8-15(11(3)4)9-12(16)14-7-5-6-13(17)18;1-7-12(6)14-13(16)9-15(11(4)5)8-10(2)3;1-6-7-8-14-13(16)10-15(12(4)5)9-11(2)3;1-6-12-11(14)8-13(10(4)5)7-9(2)3/h11-13H,7-10H2,1-6H3,(H,15,17);8-10,12,16H,6-7H2,1-5H3,(H,14,17)(H,18,19);10-11H,5-9H2,1-4H3,(H,14,16)(H,17,18);10-12H,7-9H2,1-6H3,(H,14,16);11-12H,6-10H2,1-5H3,(H,14,16);9-10H,6-8H2,1-5H3,(H,12,14). The molecular weight excluding hydrogens is 1300 g/mol. The van der Waals surface area contributed by atoms with Crippen LogP contribution in [-0.4, -0.2) is 263 Å². The minimum absolute atomic E-state index is 0.0326. The van der Waals surface area contributed by atoms with Gasteiger partial charge in [0.05, 0.1) is 45.4 Å². The van der Waals surface area contributed by atoms with E-state index < -0.39 is 24.1 Å². The van der Waals surface area contributed by atoms with E-state index in [1.165, 1.54) is 6.92 Å². The number of carbonyl (C=O) groups excluding carboxylic acids is 6. The molecular formula is C77H162N12O11S. The van der Waals surface area contributed by atoms with Crippen molar-refractivity contribution in [2.24, 2.45) is 35.5 Å². The molecule has 4 unspecified atom stereocenters. The van der Waals surface area contributed by atoms with Crippen LogP contribution in [-0.2, 0) is 38.4 Å². The predicted molar refractivity (Wildman–Crippen MR) is 426 cm³/mol. The maximum Gasteiger partial charge on any atom is 0.328 e. The summed E-state index contributed by atoms with van der Waals surface area (Å²) in [5.41, 5.74) is 0. The number of nitrogens with one attached hydrogen (secondary N) is 6. The number of thioether (sulfide) groups is 1. The number of aliphatic hydroxyl groups excluding tert-OH is 1. The second kappa shape index (κ2) is 65.4. The fourth-order valence-electron chi connectivity index (χ4n) is 9.62. The average molecular weight is 1460 g/mol. The molecule has 0 aromatic carbocycles. The van der Waals surface area contributed by atoms with Crippen molar-refractivity contribution >= 4 is 59.1 Å². The Labute approximate surface area is 623 Å². The lowest BCUT2D eigenvalue weighted by molar-refractivity contribution is -0.145. The fourth-order valence-corrected chi connectivity index (χ4v) is 10.2. The summed E-state index contributed by atoms with van der Waals surface area (Å²) in [7, 11) is 0. The van der Waals surface area contributed by atoms with Crippen LogP contribution in [0.25, 0.3) is 0 Å². The number of rotatable bonds is 47. The van der Waals surface area contributed by atoms with Gasteiger partial charge in [-0.25, -0.2) is 4.79 Å². The Morgan fingerprint density at radius 2 is 0.634 bits per heavy atom. The minimum Gasteiger partial charge on any atom is -0.481 e. The first-order chi connectivity index (χ1) is 46.6. The van der Waals surface area contributed by atoms with Crippen molar-refractivity contribution in [3.63, 3.8) is 0 Å². The molecule has 602 valence electrons. The molecule has 101 heavy (non-hydrogen) atoms. The van der Waals surface area contributed by atoms with Crippen LogP contribution in [0.3, 0.4) is 0 Å². The Bertz CT molecular complexity index is 2100. The molecule has 6 amide bonds. The number of carbonyl (C=O) groups is 8. The SMILES string of the molecule is CC(C)CN(CC(=O)NC(C(=O)O)C(C)O)C(C)C.CC(C)CN(CC(=O)NCCCC(=O)O)C(C)C.CCC(C)NC(=O)CN(CC(C)C)C(C)C.CCCCNC(=O)CN(CC(C)C)C(C)C.CCNC(=O)CN(CC(C)C)C(C)C.CSCCC(C)NC(=O)CN(CC(C)C)C(C)C. The average Bonchev–Trinajstić information content (AvgIpc) is 0.940. The molecule has 0 saturated carbocycles. The highest BCUT2D eigenvalue weighted by Gasteiger charge is 2.27. The van der Waals surface area contributed by atoms with Gasteiger partial charge in [-0.05, 0) is 184 Å². The highest BCUT2D eigenvalue weighted by molar-refractivity contribution is 7.98. The van der Waals surface area contributed by atoms with Crippen LogP contribution in [0.5, 0.6) is 0 Å². The van der Waals surface area contributed by atoms with E-state index in [1.807, 2.05) is 44.4 Å². The van der Waals surface area contributed by atoms with Gasteiger partial charge in [0, 0.05) is 114 Å². The zero-order valence-corrected chi connectivity index (χ0v) is 71.3. The van der Waals surface area contributed by atoms with Crippen LogP contribution in [0, 0.1) is 35.5 Å². The summed E-state index contributed by atoms with van der Waals surface area (Å²) in [6.45, 7) is 72.8. The van der Waals surface area contributed by atoms with Gasteiger partial charge >= 0.3 is 11.9 Å². The van der Waals surface area contributed by atoms with E-state index in [0.717, 1.165) is 77.2 Å². The van der Waals surface area contributed by atoms with Crippen molar-refractivity contribution in [3.8, 4) is 0 Å². The van der Waals surface area contributed by atoms with E-state index in [9.17, 15) is 43.5 Å². The molecule has 0 aromatic heterocycles. The predicted octanol–water partition coefficient (Wildman–Crippen LogP) is 10.3. The van der Waals surface area contributed by atoms with Gasteiger partial charge in [-0.15, -0.1) is 0 Å². The van der Waals surface area contributed by atoms with Gasteiger partial charge < -0.3 is 47.2 Å². The number of hydrogen-bond donors (Lipinski definition) is 9. The molecule has 0 saturated heterocycles. The number of nitrogens with zero attached hydrogens (tertiary/aromatic N) is 6. The largest absolute Gasteiger partial charge is 0.481 e. The number of carboxylic acids is 2. The van der Waals surface area contributed by atoms with Crippen LogP contribution in [0.2, 0.25) is 0 Å². The first-order valence-corrected chi connectivity index (χ1v) is 39.8. The van der Waals surface area contributed by atoms with Crippen LogP contribution >= 0.6 is 11.8 Å². The van der Waals surface area contributed by atoms with Gasteiger partial charge in [-0.1, -0.05) is 103 Å². The molecule has 0 spiro atoms. The number of amides is 6.